The van der Waals surface area contributed by atoms with Crippen molar-refractivity contribution in [2.24, 2.45) is 0 Å². The summed E-state index contributed by atoms with van der Waals surface area (Å²) in [7, 11) is 0. The lowest BCUT2D eigenvalue weighted by Gasteiger charge is -2.20. The van der Waals surface area contributed by atoms with E-state index in [4.69, 9.17) is 4.74 Å². The summed E-state index contributed by atoms with van der Waals surface area (Å²) in [6, 6.07) is 7.04. The zero-order valence-electron chi connectivity index (χ0n) is 9.58. The van der Waals surface area contributed by atoms with Crippen molar-refractivity contribution in [2.45, 2.75) is 26.4 Å². The van der Waals surface area contributed by atoms with E-state index in [1.807, 2.05) is 26.8 Å². The van der Waals surface area contributed by atoms with Crippen LogP contribution in [0.25, 0.3) is 5.57 Å². The molecule has 82 valence electrons. The fourth-order valence-electron chi connectivity index (χ4n) is 1.11. The van der Waals surface area contributed by atoms with Gasteiger partial charge in [-0.05, 0) is 44.0 Å². The highest BCUT2D eigenvalue weighted by atomic mass is 16.5. The Morgan fingerprint density at radius 2 is 2.07 bits per heavy atom. The Morgan fingerprint density at radius 3 is 2.60 bits per heavy atom. The number of phenolic OH excluding ortho intramolecular Hbond substituents is 1. The third-order valence-corrected chi connectivity index (χ3v) is 1.93. The van der Waals surface area contributed by atoms with E-state index in [9.17, 15) is 5.11 Å². The molecule has 1 aromatic carbocycles. The summed E-state index contributed by atoms with van der Waals surface area (Å²) >= 11 is 0. The van der Waals surface area contributed by atoms with Crippen molar-refractivity contribution in [3.05, 3.63) is 36.4 Å². The number of hydrogen-bond donors (Lipinski definition) is 1. The summed E-state index contributed by atoms with van der Waals surface area (Å²) in [5.74, 6) is 0.254. The molecule has 0 amide bonds. The molecule has 0 spiro atoms. The number of aromatic hydroxyl groups is 1. The van der Waals surface area contributed by atoms with Gasteiger partial charge in [-0.1, -0.05) is 18.7 Å². The number of rotatable bonds is 3. The Labute approximate surface area is 91.2 Å². The van der Waals surface area contributed by atoms with Gasteiger partial charge in [0.05, 0.1) is 12.2 Å². The maximum atomic E-state index is 9.31. The van der Waals surface area contributed by atoms with Crippen molar-refractivity contribution in [1.82, 2.24) is 0 Å². The van der Waals surface area contributed by atoms with Crippen LogP contribution >= 0.6 is 0 Å². The largest absolute Gasteiger partial charge is 0.508 e. The third kappa shape index (κ3) is 4.17. The molecule has 0 aromatic heterocycles. The molecular formula is C13H18O2. The molecule has 1 rings (SSSR count). The third-order valence-electron chi connectivity index (χ3n) is 1.93. The van der Waals surface area contributed by atoms with Gasteiger partial charge in [0.2, 0.25) is 0 Å². The first-order chi connectivity index (χ1) is 6.88. The van der Waals surface area contributed by atoms with E-state index in [2.05, 4.69) is 6.58 Å². The average molecular weight is 206 g/mol. The predicted molar refractivity (Wildman–Crippen MR) is 62.8 cm³/mol. The number of hydrogen-bond acceptors (Lipinski definition) is 2. The second kappa shape index (κ2) is 4.49. The molecule has 0 heterocycles. The Bertz CT molecular complexity index is 348. The van der Waals surface area contributed by atoms with Crippen LogP contribution in [0.15, 0.2) is 30.8 Å². The van der Waals surface area contributed by atoms with Crippen LogP contribution in [0.5, 0.6) is 5.75 Å². The predicted octanol–water partition coefficient (Wildman–Crippen LogP) is 3.22. The zero-order chi connectivity index (χ0) is 11.5. The summed E-state index contributed by atoms with van der Waals surface area (Å²) < 4.78 is 5.60. The van der Waals surface area contributed by atoms with Gasteiger partial charge >= 0.3 is 0 Å². The lowest BCUT2D eigenvalue weighted by atomic mass is 10.1. The maximum absolute atomic E-state index is 9.31. The average Bonchev–Trinajstić information content (AvgIpc) is 2.13. The van der Waals surface area contributed by atoms with Gasteiger partial charge in [0.15, 0.2) is 0 Å². The number of benzene rings is 1. The zero-order valence-corrected chi connectivity index (χ0v) is 9.58. The summed E-state index contributed by atoms with van der Waals surface area (Å²) in [4.78, 5) is 0. The van der Waals surface area contributed by atoms with Gasteiger partial charge in [-0.25, -0.2) is 0 Å². The fraction of sp³-hybridized carbons (Fsp3) is 0.385. The Morgan fingerprint density at radius 1 is 1.40 bits per heavy atom. The molecule has 1 aromatic rings. The van der Waals surface area contributed by atoms with Crippen molar-refractivity contribution in [2.75, 3.05) is 6.61 Å². The van der Waals surface area contributed by atoms with Crippen molar-refractivity contribution in [1.29, 1.82) is 0 Å². The van der Waals surface area contributed by atoms with Gasteiger partial charge in [0, 0.05) is 0 Å². The first-order valence-electron chi connectivity index (χ1n) is 4.99. The van der Waals surface area contributed by atoms with Crippen LogP contribution in [-0.4, -0.2) is 17.3 Å². The van der Waals surface area contributed by atoms with Crippen LogP contribution in [0, 0.1) is 0 Å². The Balaban J connectivity index is 2.62. The number of ether oxygens (including phenoxy) is 1. The van der Waals surface area contributed by atoms with Gasteiger partial charge in [-0.2, -0.15) is 0 Å². The van der Waals surface area contributed by atoms with Gasteiger partial charge < -0.3 is 9.84 Å². The van der Waals surface area contributed by atoms with Crippen LogP contribution < -0.4 is 0 Å². The molecule has 0 saturated carbocycles. The summed E-state index contributed by atoms with van der Waals surface area (Å²) in [6.07, 6.45) is 0. The van der Waals surface area contributed by atoms with Crippen LogP contribution in [-0.2, 0) is 4.74 Å². The highest BCUT2D eigenvalue weighted by Crippen LogP contribution is 2.19. The van der Waals surface area contributed by atoms with E-state index in [0.717, 1.165) is 11.1 Å². The van der Waals surface area contributed by atoms with Crippen LogP contribution in [0.3, 0.4) is 0 Å². The highest BCUT2D eigenvalue weighted by Gasteiger charge is 2.11. The van der Waals surface area contributed by atoms with E-state index >= 15 is 0 Å². The van der Waals surface area contributed by atoms with Gasteiger partial charge in [-0.3, -0.25) is 0 Å². The normalized spacial score (nSPS) is 11.4. The van der Waals surface area contributed by atoms with Crippen molar-refractivity contribution < 1.29 is 9.84 Å². The minimum Gasteiger partial charge on any atom is -0.508 e. The van der Waals surface area contributed by atoms with Gasteiger partial charge in [0.1, 0.15) is 5.75 Å². The fourth-order valence-corrected chi connectivity index (χ4v) is 1.11. The topological polar surface area (TPSA) is 29.5 Å². The molecule has 0 atom stereocenters. The molecule has 0 bridgehead atoms. The molecule has 15 heavy (non-hydrogen) atoms. The summed E-state index contributed by atoms with van der Waals surface area (Å²) in [5.41, 5.74) is 1.62. The maximum Gasteiger partial charge on any atom is 0.116 e. The first-order valence-corrected chi connectivity index (χ1v) is 4.99. The van der Waals surface area contributed by atoms with E-state index in [0.29, 0.717) is 6.61 Å². The van der Waals surface area contributed by atoms with E-state index in [1.54, 1.807) is 18.2 Å². The molecule has 0 aliphatic carbocycles. The SMILES string of the molecule is C=C(COC(C)(C)C)c1cccc(O)c1. The standard InChI is InChI=1S/C13H18O2/c1-10(9-15-13(2,3)4)11-6-5-7-12(14)8-11/h5-8,14H,1,9H2,2-4H3. The molecule has 2 heteroatoms. The number of phenols is 1. The molecule has 2 nitrogen and oxygen atoms in total. The van der Waals surface area contributed by atoms with E-state index in [-0.39, 0.29) is 11.4 Å². The van der Waals surface area contributed by atoms with Crippen molar-refractivity contribution >= 4 is 5.57 Å². The second-order valence-corrected chi connectivity index (χ2v) is 4.55. The lowest BCUT2D eigenvalue weighted by Crippen LogP contribution is -2.20. The lowest BCUT2D eigenvalue weighted by molar-refractivity contribution is 0.0183. The summed E-state index contributed by atoms with van der Waals surface area (Å²) in [5, 5.41) is 9.31. The summed E-state index contributed by atoms with van der Waals surface area (Å²) in [6.45, 7) is 10.4. The van der Waals surface area contributed by atoms with Crippen molar-refractivity contribution in [3.63, 3.8) is 0 Å². The van der Waals surface area contributed by atoms with E-state index in [1.165, 1.54) is 0 Å². The molecule has 0 unspecified atom stereocenters. The molecule has 1 N–H and O–H groups in total. The molecule has 0 aliphatic heterocycles. The smallest absolute Gasteiger partial charge is 0.116 e. The minimum atomic E-state index is -0.167. The Hall–Kier alpha value is -1.28. The second-order valence-electron chi connectivity index (χ2n) is 4.55. The van der Waals surface area contributed by atoms with Gasteiger partial charge in [-0.15, -0.1) is 0 Å². The van der Waals surface area contributed by atoms with Crippen LogP contribution in [0.2, 0.25) is 0 Å². The van der Waals surface area contributed by atoms with Crippen molar-refractivity contribution in [3.8, 4) is 5.75 Å². The van der Waals surface area contributed by atoms with Crippen LogP contribution in [0.1, 0.15) is 26.3 Å². The molecule has 0 fully saturated rings. The minimum absolute atomic E-state index is 0.167. The molecule has 0 aliphatic rings. The Kier molecular flexibility index (Phi) is 3.53. The first kappa shape index (κ1) is 11.8. The highest BCUT2D eigenvalue weighted by molar-refractivity contribution is 5.65. The van der Waals surface area contributed by atoms with Crippen LogP contribution in [0.4, 0.5) is 0 Å². The quantitative estimate of drug-likeness (QED) is 0.822. The monoisotopic (exact) mass is 206 g/mol. The molecule has 0 radical (unpaired) electrons. The van der Waals surface area contributed by atoms with E-state index < -0.39 is 0 Å². The molecule has 0 saturated heterocycles. The van der Waals surface area contributed by atoms with Gasteiger partial charge in [0.25, 0.3) is 0 Å². The molecular weight excluding hydrogens is 188 g/mol.